The van der Waals surface area contributed by atoms with Gasteiger partial charge in [0.15, 0.2) is 0 Å². The van der Waals surface area contributed by atoms with E-state index in [0.29, 0.717) is 11.4 Å². The van der Waals surface area contributed by atoms with Crippen LogP contribution in [-0.2, 0) is 0 Å². The summed E-state index contributed by atoms with van der Waals surface area (Å²) in [5, 5.41) is 11.3. The van der Waals surface area contributed by atoms with Crippen LogP contribution in [0.3, 0.4) is 0 Å². The van der Waals surface area contributed by atoms with Gasteiger partial charge in [-0.25, -0.2) is 14.1 Å². The second-order valence-electron chi connectivity index (χ2n) is 5.77. The molecule has 25 heavy (non-hydrogen) atoms. The molecule has 2 aromatic carbocycles. The Labute approximate surface area is 148 Å². The van der Waals surface area contributed by atoms with Crippen LogP contribution in [-0.4, -0.2) is 20.0 Å². The minimum absolute atomic E-state index is 0.301. The Morgan fingerprint density at radius 1 is 1.04 bits per heavy atom. The molecule has 0 fully saturated rings. The summed E-state index contributed by atoms with van der Waals surface area (Å²) < 4.78 is 15.1. The molecule has 0 aliphatic carbocycles. The van der Waals surface area contributed by atoms with Crippen LogP contribution < -0.4 is 0 Å². The van der Waals surface area contributed by atoms with Crippen LogP contribution in [0.4, 0.5) is 4.39 Å². The maximum Gasteiger partial charge on any atom is 0.146 e. The number of nitrogens with zero attached hydrogens (tertiary/aromatic N) is 4. The predicted octanol–water partition coefficient (Wildman–Crippen LogP) is 4.81. The van der Waals surface area contributed by atoms with E-state index in [1.165, 1.54) is 29.0 Å². The first-order valence-electron chi connectivity index (χ1n) is 7.83. The third-order valence-electron chi connectivity index (χ3n) is 4.08. The monoisotopic (exact) mass is 350 g/mol. The van der Waals surface area contributed by atoms with Crippen molar-refractivity contribution in [2.75, 3.05) is 0 Å². The fourth-order valence-corrected chi connectivity index (χ4v) is 3.60. The van der Waals surface area contributed by atoms with Gasteiger partial charge in [0.2, 0.25) is 0 Å². The lowest BCUT2D eigenvalue weighted by atomic mass is 10.1. The van der Waals surface area contributed by atoms with Crippen molar-refractivity contribution in [2.24, 2.45) is 0 Å². The lowest BCUT2D eigenvalue weighted by Crippen LogP contribution is -1.99. The third kappa shape index (κ3) is 2.85. The van der Waals surface area contributed by atoms with Crippen LogP contribution in [0.15, 0.2) is 53.9 Å². The first kappa shape index (κ1) is 15.7. The van der Waals surface area contributed by atoms with E-state index in [1.54, 1.807) is 16.8 Å². The number of hydrogen-bond acceptors (Lipinski definition) is 4. The molecule has 0 saturated carbocycles. The molecule has 0 spiro atoms. The third-order valence-corrected chi connectivity index (χ3v) is 4.92. The van der Waals surface area contributed by atoms with Crippen molar-refractivity contribution in [3.8, 4) is 27.6 Å². The van der Waals surface area contributed by atoms with Gasteiger partial charge in [0.05, 0.1) is 17.1 Å². The van der Waals surface area contributed by atoms with Gasteiger partial charge in [-0.3, -0.25) is 0 Å². The normalized spacial score (nSPS) is 11.0. The summed E-state index contributed by atoms with van der Waals surface area (Å²) in [6.45, 7) is 3.98. The quantitative estimate of drug-likeness (QED) is 0.532. The van der Waals surface area contributed by atoms with E-state index in [0.717, 1.165) is 22.0 Å². The second-order valence-corrected chi connectivity index (χ2v) is 6.63. The highest BCUT2D eigenvalue weighted by Crippen LogP contribution is 2.31. The van der Waals surface area contributed by atoms with Gasteiger partial charge in [-0.05, 0) is 37.6 Å². The lowest BCUT2D eigenvalue weighted by Gasteiger charge is -2.03. The minimum Gasteiger partial charge on any atom is -0.234 e. The molecule has 4 nitrogen and oxygen atoms in total. The molecule has 4 rings (SSSR count). The van der Waals surface area contributed by atoms with Crippen molar-refractivity contribution in [3.05, 3.63) is 71.0 Å². The molecule has 0 saturated heterocycles. The molecule has 2 heterocycles. The fourth-order valence-electron chi connectivity index (χ4n) is 2.75. The molecule has 4 aromatic rings. The molecule has 0 bridgehead atoms. The van der Waals surface area contributed by atoms with Crippen molar-refractivity contribution in [2.45, 2.75) is 13.8 Å². The van der Waals surface area contributed by atoms with E-state index >= 15 is 0 Å². The van der Waals surface area contributed by atoms with Crippen LogP contribution in [0.25, 0.3) is 27.6 Å². The Hall–Kier alpha value is -2.86. The standard InChI is InChI=1S/C19H15FN4S/c1-12-6-3-4-9-16(12)17-11-25-19(21-17)18-13(2)24(23-22-18)15-8-5-7-14(20)10-15/h3-11H,1-2H3. The van der Waals surface area contributed by atoms with Gasteiger partial charge in [-0.15, -0.1) is 16.4 Å². The number of benzene rings is 2. The highest BCUT2D eigenvalue weighted by Gasteiger charge is 2.16. The van der Waals surface area contributed by atoms with Crippen LogP contribution in [0.5, 0.6) is 0 Å². The Balaban J connectivity index is 1.74. The lowest BCUT2D eigenvalue weighted by molar-refractivity contribution is 0.624. The summed E-state index contributed by atoms with van der Waals surface area (Å²) in [6.07, 6.45) is 0. The summed E-state index contributed by atoms with van der Waals surface area (Å²) in [5.41, 5.74) is 5.41. The van der Waals surface area contributed by atoms with E-state index in [9.17, 15) is 4.39 Å². The second kappa shape index (κ2) is 6.22. The highest BCUT2D eigenvalue weighted by atomic mass is 32.1. The highest BCUT2D eigenvalue weighted by molar-refractivity contribution is 7.13. The Bertz CT molecular complexity index is 1050. The summed E-state index contributed by atoms with van der Waals surface area (Å²) in [7, 11) is 0. The molecule has 0 radical (unpaired) electrons. The number of aryl methyl sites for hydroxylation is 1. The predicted molar refractivity (Wildman–Crippen MR) is 97.3 cm³/mol. The molecule has 0 unspecified atom stereocenters. The summed E-state index contributed by atoms with van der Waals surface area (Å²) >= 11 is 1.53. The van der Waals surface area contributed by atoms with Crippen molar-refractivity contribution < 1.29 is 4.39 Å². The number of aromatic nitrogens is 4. The van der Waals surface area contributed by atoms with Gasteiger partial charge in [0.1, 0.15) is 16.5 Å². The van der Waals surface area contributed by atoms with Crippen LogP contribution in [0.2, 0.25) is 0 Å². The molecule has 0 aliphatic heterocycles. The molecular formula is C19H15FN4S. The zero-order valence-corrected chi connectivity index (χ0v) is 14.6. The largest absolute Gasteiger partial charge is 0.234 e. The Morgan fingerprint density at radius 2 is 1.88 bits per heavy atom. The first-order valence-corrected chi connectivity index (χ1v) is 8.71. The van der Waals surface area contributed by atoms with Gasteiger partial charge in [-0.1, -0.05) is 35.5 Å². The van der Waals surface area contributed by atoms with Crippen molar-refractivity contribution >= 4 is 11.3 Å². The van der Waals surface area contributed by atoms with Crippen LogP contribution in [0.1, 0.15) is 11.3 Å². The van der Waals surface area contributed by atoms with Crippen molar-refractivity contribution in [1.82, 2.24) is 20.0 Å². The summed E-state index contributed by atoms with van der Waals surface area (Å²) in [4.78, 5) is 4.73. The molecule has 6 heteroatoms. The fraction of sp³-hybridized carbons (Fsp3) is 0.105. The molecule has 0 aliphatic rings. The molecule has 0 amide bonds. The van der Waals surface area contributed by atoms with Gasteiger partial charge >= 0.3 is 0 Å². The molecule has 0 atom stereocenters. The maximum atomic E-state index is 13.5. The Morgan fingerprint density at radius 3 is 2.68 bits per heavy atom. The average molecular weight is 350 g/mol. The number of halogens is 1. The smallest absolute Gasteiger partial charge is 0.146 e. The zero-order chi connectivity index (χ0) is 17.4. The molecule has 2 aromatic heterocycles. The van der Waals surface area contributed by atoms with E-state index in [2.05, 4.69) is 29.4 Å². The van der Waals surface area contributed by atoms with E-state index in [-0.39, 0.29) is 5.82 Å². The average Bonchev–Trinajstić information content (AvgIpc) is 3.22. The number of thiazole rings is 1. The minimum atomic E-state index is -0.301. The molecule has 124 valence electrons. The molecule has 0 N–H and O–H groups in total. The van der Waals surface area contributed by atoms with E-state index < -0.39 is 0 Å². The van der Waals surface area contributed by atoms with Crippen LogP contribution in [0, 0.1) is 19.7 Å². The van der Waals surface area contributed by atoms with Crippen LogP contribution >= 0.6 is 11.3 Å². The maximum absolute atomic E-state index is 13.5. The molecular weight excluding hydrogens is 335 g/mol. The first-order chi connectivity index (χ1) is 12.1. The summed E-state index contributed by atoms with van der Waals surface area (Å²) in [6, 6.07) is 14.5. The SMILES string of the molecule is Cc1ccccc1-c1csc(-c2nnn(-c3cccc(F)c3)c2C)n1. The summed E-state index contributed by atoms with van der Waals surface area (Å²) in [5.74, 6) is -0.301. The van der Waals surface area contributed by atoms with Gasteiger partial charge < -0.3 is 0 Å². The van der Waals surface area contributed by atoms with E-state index in [4.69, 9.17) is 4.98 Å². The number of rotatable bonds is 3. The van der Waals surface area contributed by atoms with Gasteiger partial charge in [0, 0.05) is 10.9 Å². The van der Waals surface area contributed by atoms with Crippen molar-refractivity contribution in [1.29, 1.82) is 0 Å². The van der Waals surface area contributed by atoms with Gasteiger partial charge in [-0.2, -0.15) is 0 Å². The Kier molecular flexibility index (Phi) is 3.89. The zero-order valence-electron chi connectivity index (χ0n) is 13.8. The van der Waals surface area contributed by atoms with Gasteiger partial charge in [0.25, 0.3) is 0 Å². The van der Waals surface area contributed by atoms with E-state index in [1.807, 2.05) is 24.4 Å². The topological polar surface area (TPSA) is 43.6 Å². The van der Waals surface area contributed by atoms with Crippen molar-refractivity contribution in [3.63, 3.8) is 0 Å². The number of hydrogen-bond donors (Lipinski definition) is 0.